The topological polar surface area (TPSA) is 26.0 Å². The largest absolute Gasteiger partial charge is 0.330 e. The normalized spacial score (nSPS) is 18.2. The summed E-state index contributed by atoms with van der Waals surface area (Å²) in [6.45, 7) is 2.96. The molecule has 1 fully saturated rings. The van der Waals surface area contributed by atoms with Crippen molar-refractivity contribution in [1.29, 1.82) is 0 Å². The van der Waals surface area contributed by atoms with Crippen LogP contribution >= 0.6 is 11.8 Å². The lowest BCUT2D eigenvalue weighted by molar-refractivity contribution is 0.516. The Hall–Kier alpha value is -1.25. The highest BCUT2D eigenvalue weighted by Crippen LogP contribution is 2.36. The summed E-state index contributed by atoms with van der Waals surface area (Å²) in [7, 11) is 0. The van der Waals surface area contributed by atoms with Crippen LogP contribution in [0.5, 0.6) is 0 Å². The molecule has 0 spiro atoms. The molecule has 128 valence electrons. The lowest BCUT2D eigenvalue weighted by atomic mass is 9.82. The van der Waals surface area contributed by atoms with Gasteiger partial charge in [-0.3, -0.25) is 0 Å². The molecule has 2 aromatic rings. The molecule has 2 atom stereocenters. The Bertz CT molecular complexity index is 602. The van der Waals surface area contributed by atoms with Crippen molar-refractivity contribution in [3.63, 3.8) is 0 Å². The molecule has 3 rings (SSSR count). The minimum Gasteiger partial charge on any atom is -0.330 e. The summed E-state index contributed by atoms with van der Waals surface area (Å²) >= 11 is 2.07. The van der Waals surface area contributed by atoms with E-state index < -0.39 is 0 Å². The van der Waals surface area contributed by atoms with Crippen LogP contribution in [0.1, 0.15) is 56.1 Å². The average molecular weight is 340 g/mol. The fourth-order valence-corrected chi connectivity index (χ4v) is 5.02. The van der Waals surface area contributed by atoms with Crippen molar-refractivity contribution < 1.29 is 0 Å². The van der Waals surface area contributed by atoms with Gasteiger partial charge in [-0.15, -0.1) is 11.8 Å². The molecule has 0 saturated heterocycles. The first-order valence-electron chi connectivity index (χ1n) is 9.29. The van der Waals surface area contributed by atoms with Gasteiger partial charge >= 0.3 is 0 Å². The zero-order valence-electron chi connectivity index (χ0n) is 14.7. The zero-order valence-corrected chi connectivity index (χ0v) is 15.5. The van der Waals surface area contributed by atoms with Crippen LogP contribution in [0, 0.1) is 5.92 Å². The molecule has 2 aromatic carbocycles. The van der Waals surface area contributed by atoms with Gasteiger partial charge in [0.2, 0.25) is 0 Å². The highest BCUT2D eigenvalue weighted by molar-refractivity contribution is 8.00. The fourth-order valence-electron chi connectivity index (χ4n) is 3.78. The Morgan fingerprint density at radius 2 is 1.54 bits per heavy atom. The second-order valence-corrected chi connectivity index (χ2v) is 8.42. The smallest absolute Gasteiger partial charge is 0.0127 e. The fraction of sp³-hybridized carbons (Fsp3) is 0.455. The van der Waals surface area contributed by atoms with Gasteiger partial charge in [0.1, 0.15) is 0 Å². The van der Waals surface area contributed by atoms with Gasteiger partial charge in [-0.25, -0.2) is 0 Å². The van der Waals surface area contributed by atoms with Crippen molar-refractivity contribution in [3.05, 3.63) is 65.7 Å². The molecular weight excluding hydrogens is 310 g/mol. The van der Waals surface area contributed by atoms with Crippen molar-refractivity contribution in [2.24, 2.45) is 11.7 Å². The van der Waals surface area contributed by atoms with Crippen LogP contribution in [-0.4, -0.2) is 11.8 Å². The van der Waals surface area contributed by atoms with Gasteiger partial charge in [0.05, 0.1) is 0 Å². The summed E-state index contributed by atoms with van der Waals surface area (Å²) in [4.78, 5) is 1.41. The third-order valence-electron chi connectivity index (χ3n) is 5.19. The first-order valence-corrected chi connectivity index (χ1v) is 10.2. The van der Waals surface area contributed by atoms with Gasteiger partial charge in [0, 0.05) is 16.1 Å². The Morgan fingerprint density at radius 1 is 0.917 bits per heavy atom. The molecule has 2 N–H and O–H groups in total. The summed E-state index contributed by atoms with van der Waals surface area (Å²) in [5.74, 6) is 0.814. The van der Waals surface area contributed by atoms with E-state index in [-0.39, 0.29) is 0 Å². The molecule has 1 aliphatic rings. The molecule has 1 saturated carbocycles. The predicted octanol–water partition coefficient (Wildman–Crippen LogP) is 5.84. The van der Waals surface area contributed by atoms with Gasteiger partial charge in [-0.05, 0) is 48.6 Å². The third-order valence-corrected chi connectivity index (χ3v) is 6.54. The number of thioether (sulfide) groups is 1. The highest BCUT2D eigenvalue weighted by Gasteiger charge is 2.20. The lowest BCUT2D eigenvalue weighted by Crippen LogP contribution is -2.20. The molecule has 0 heterocycles. The van der Waals surface area contributed by atoms with Crippen molar-refractivity contribution in [2.75, 3.05) is 6.54 Å². The van der Waals surface area contributed by atoms with E-state index in [0.29, 0.717) is 18.4 Å². The summed E-state index contributed by atoms with van der Waals surface area (Å²) < 4.78 is 0. The van der Waals surface area contributed by atoms with E-state index in [2.05, 4.69) is 73.3 Å². The number of benzene rings is 2. The summed E-state index contributed by atoms with van der Waals surface area (Å²) in [5, 5.41) is 0.817. The average Bonchev–Trinajstić information content (AvgIpc) is 2.65. The van der Waals surface area contributed by atoms with Crippen LogP contribution in [0.3, 0.4) is 0 Å². The molecule has 1 nitrogen and oxygen atoms in total. The molecular formula is C22H29NS. The third kappa shape index (κ3) is 4.43. The molecule has 1 aliphatic carbocycles. The Morgan fingerprint density at radius 3 is 2.17 bits per heavy atom. The van der Waals surface area contributed by atoms with Crippen LogP contribution in [0.4, 0.5) is 0 Å². The highest BCUT2D eigenvalue weighted by atomic mass is 32.2. The first-order chi connectivity index (χ1) is 11.8. The van der Waals surface area contributed by atoms with Gasteiger partial charge in [-0.1, -0.05) is 68.7 Å². The molecule has 0 radical (unpaired) electrons. The number of hydrogen-bond donors (Lipinski definition) is 1. The summed E-state index contributed by atoms with van der Waals surface area (Å²) in [5.41, 5.74) is 8.74. The van der Waals surface area contributed by atoms with E-state index in [1.807, 2.05) is 0 Å². The Labute approximate surface area is 151 Å². The molecule has 0 bridgehead atoms. The minimum absolute atomic E-state index is 0.380. The van der Waals surface area contributed by atoms with Crippen molar-refractivity contribution in [3.8, 4) is 0 Å². The van der Waals surface area contributed by atoms with E-state index in [0.717, 1.165) is 5.25 Å². The van der Waals surface area contributed by atoms with E-state index in [9.17, 15) is 0 Å². The SMILES string of the molecule is CC(CN)C(c1ccccc1)c1ccc(SC2CCCCC2)cc1. The zero-order chi connectivity index (χ0) is 16.8. The maximum atomic E-state index is 6.00. The number of nitrogens with two attached hydrogens (primary N) is 1. The molecule has 2 heteroatoms. The quantitative estimate of drug-likeness (QED) is 0.715. The van der Waals surface area contributed by atoms with Gasteiger partial charge < -0.3 is 5.73 Å². The van der Waals surface area contributed by atoms with Crippen LogP contribution in [0.25, 0.3) is 0 Å². The van der Waals surface area contributed by atoms with Crippen LogP contribution in [-0.2, 0) is 0 Å². The van der Waals surface area contributed by atoms with Crippen molar-refractivity contribution in [1.82, 2.24) is 0 Å². The predicted molar refractivity (Wildman–Crippen MR) is 106 cm³/mol. The Kier molecular flexibility index (Phi) is 6.39. The maximum absolute atomic E-state index is 6.00. The number of rotatable bonds is 6. The van der Waals surface area contributed by atoms with Crippen LogP contribution in [0.15, 0.2) is 59.5 Å². The van der Waals surface area contributed by atoms with E-state index in [4.69, 9.17) is 5.73 Å². The lowest BCUT2D eigenvalue weighted by Gasteiger charge is -2.25. The van der Waals surface area contributed by atoms with Crippen LogP contribution in [0.2, 0.25) is 0 Å². The van der Waals surface area contributed by atoms with Crippen molar-refractivity contribution >= 4 is 11.8 Å². The molecule has 24 heavy (non-hydrogen) atoms. The van der Waals surface area contributed by atoms with E-state index in [1.54, 1.807) is 0 Å². The summed E-state index contributed by atoms with van der Waals surface area (Å²) in [6.07, 6.45) is 6.98. The van der Waals surface area contributed by atoms with Crippen LogP contribution < -0.4 is 5.73 Å². The molecule has 2 unspecified atom stereocenters. The maximum Gasteiger partial charge on any atom is 0.0127 e. The van der Waals surface area contributed by atoms with Crippen molar-refractivity contribution in [2.45, 2.75) is 55.1 Å². The summed E-state index contributed by atoms with van der Waals surface area (Å²) in [6, 6.07) is 20.0. The molecule has 0 amide bonds. The van der Waals surface area contributed by atoms with Gasteiger partial charge in [0.15, 0.2) is 0 Å². The molecule has 0 aromatic heterocycles. The van der Waals surface area contributed by atoms with Gasteiger partial charge in [0.25, 0.3) is 0 Å². The van der Waals surface area contributed by atoms with E-state index >= 15 is 0 Å². The first kappa shape index (κ1) is 17.6. The number of hydrogen-bond acceptors (Lipinski definition) is 2. The standard InChI is InChI=1S/C22H29NS/c1-17(16-23)22(18-8-4-2-5-9-18)19-12-14-21(15-13-19)24-20-10-6-3-7-11-20/h2,4-5,8-9,12-15,17,20,22H,3,6-7,10-11,16,23H2,1H3. The Balaban J connectivity index is 1.76. The molecule has 0 aliphatic heterocycles. The van der Waals surface area contributed by atoms with E-state index in [1.165, 1.54) is 48.1 Å². The second kappa shape index (κ2) is 8.73. The van der Waals surface area contributed by atoms with Gasteiger partial charge in [-0.2, -0.15) is 0 Å². The monoisotopic (exact) mass is 339 g/mol. The second-order valence-electron chi connectivity index (χ2n) is 7.05. The minimum atomic E-state index is 0.380.